The minimum atomic E-state index is -0.487. The van der Waals surface area contributed by atoms with Crippen LogP contribution in [0.15, 0.2) is 128 Å². The molecule has 0 amide bonds. The summed E-state index contributed by atoms with van der Waals surface area (Å²) in [6, 6.07) is 29.7. The number of halogens is 6. The summed E-state index contributed by atoms with van der Waals surface area (Å²) >= 11 is 35.5. The van der Waals surface area contributed by atoms with Crippen LogP contribution in [0.2, 0.25) is 30.1 Å². The van der Waals surface area contributed by atoms with Gasteiger partial charge in [0.25, 0.3) is 0 Å². The van der Waals surface area contributed by atoms with Crippen LogP contribution in [0.3, 0.4) is 0 Å². The average molecular weight is 908 g/mol. The van der Waals surface area contributed by atoms with Gasteiger partial charge >= 0.3 is 0 Å². The summed E-state index contributed by atoms with van der Waals surface area (Å²) in [6.45, 7) is 3.79. The van der Waals surface area contributed by atoms with E-state index < -0.39 is 6.04 Å². The van der Waals surface area contributed by atoms with Gasteiger partial charge in [0.1, 0.15) is 34.2 Å². The Morgan fingerprint density at radius 2 is 1.19 bits per heavy atom. The van der Waals surface area contributed by atoms with Crippen molar-refractivity contribution in [2.45, 2.75) is 19.9 Å². The predicted octanol–water partition coefficient (Wildman–Crippen LogP) is 13.2. The second kappa shape index (κ2) is 21.0. The van der Waals surface area contributed by atoms with E-state index in [0.29, 0.717) is 70.2 Å². The molecule has 5 N–H and O–H groups in total. The number of nitrogen functional groups attached to an aromatic ring is 1. The number of para-hydroxylation sites is 1. The number of nitrogens with two attached hydrogens (primary N) is 1. The molecule has 8 aromatic rings. The Kier molecular flexibility index (Phi) is 15.9. The highest BCUT2D eigenvalue weighted by molar-refractivity contribution is 6.36. The third kappa shape index (κ3) is 12.1. The summed E-state index contributed by atoms with van der Waals surface area (Å²) in [6.07, 6.45) is 7.14. The molecule has 0 radical (unpaired) electrons. The van der Waals surface area contributed by atoms with Gasteiger partial charge in [-0.05, 0) is 91.2 Å². The Labute approximate surface area is 370 Å². The number of anilines is 2. The number of carbonyl (C=O) groups is 1. The van der Waals surface area contributed by atoms with E-state index >= 15 is 0 Å². The highest BCUT2D eigenvalue weighted by Crippen LogP contribution is 2.39. The number of phenols is 2. The molecule has 1 unspecified atom stereocenters. The molecule has 4 aromatic carbocycles. The number of hydrogen-bond acceptors (Lipinski definition) is 9. The van der Waals surface area contributed by atoms with Crippen LogP contribution in [-0.2, 0) is 0 Å². The molecule has 0 saturated carbocycles. The molecular weight excluding hydrogens is 873 g/mol. The first kappa shape index (κ1) is 44.7. The zero-order valence-corrected chi connectivity index (χ0v) is 35.8. The summed E-state index contributed by atoms with van der Waals surface area (Å²) in [5, 5.41) is 28.6. The number of phenolic OH excluding ortho intramolecular Hbond substituents is 2. The van der Waals surface area contributed by atoms with Crippen molar-refractivity contribution in [1.82, 2.24) is 19.9 Å². The van der Waals surface area contributed by atoms with Crippen LogP contribution < -0.4 is 11.1 Å². The van der Waals surface area contributed by atoms with Gasteiger partial charge in [0.15, 0.2) is 6.29 Å². The molecule has 4 heterocycles. The number of pyridine rings is 4. The highest BCUT2D eigenvalue weighted by atomic mass is 35.5. The Morgan fingerprint density at radius 3 is 1.78 bits per heavy atom. The van der Waals surface area contributed by atoms with Crippen LogP contribution in [0.4, 0.5) is 11.6 Å². The second-order valence-corrected chi connectivity index (χ2v) is 15.1. The van der Waals surface area contributed by atoms with Crippen LogP contribution in [0.25, 0.3) is 21.8 Å². The summed E-state index contributed by atoms with van der Waals surface area (Å²) in [5.74, 6) is 1.43. The minimum absolute atomic E-state index is 0.0808. The molecule has 0 aliphatic rings. The van der Waals surface area contributed by atoms with Gasteiger partial charge in [-0.3, -0.25) is 14.8 Å². The van der Waals surface area contributed by atoms with Gasteiger partial charge in [0, 0.05) is 61.8 Å². The Morgan fingerprint density at radius 1 is 0.610 bits per heavy atom. The van der Waals surface area contributed by atoms with E-state index in [1.807, 2.05) is 68.4 Å². The molecule has 4 aromatic heterocycles. The van der Waals surface area contributed by atoms with E-state index in [4.69, 9.17) is 75.3 Å². The van der Waals surface area contributed by atoms with Crippen LogP contribution >= 0.6 is 69.6 Å². The van der Waals surface area contributed by atoms with Crippen molar-refractivity contribution in [1.29, 1.82) is 0 Å². The Balaban J connectivity index is 0.000000179. The normalized spacial score (nSPS) is 10.9. The summed E-state index contributed by atoms with van der Waals surface area (Å²) in [7, 11) is 0. The van der Waals surface area contributed by atoms with Crippen LogP contribution in [0.1, 0.15) is 38.7 Å². The average Bonchev–Trinajstić information content (AvgIpc) is 3.21. The fraction of sp³-hybridized carbons (Fsp3) is 0.0682. The van der Waals surface area contributed by atoms with Crippen molar-refractivity contribution in [2.75, 3.05) is 11.1 Å². The van der Waals surface area contributed by atoms with Crippen molar-refractivity contribution in [2.24, 2.45) is 0 Å². The van der Waals surface area contributed by atoms with Gasteiger partial charge in [0.05, 0.1) is 21.1 Å². The fourth-order valence-electron chi connectivity index (χ4n) is 5.45. The van der Waals surface area contributed by atoms with Gasteiger partial charge in [0.2, 0.25) is 0 Å². The number of nitrogens with one attached hydrogen (secondary N) is 1. The van der Waals surface area contributed by atoms with Gasteiger partial charge in [-0.1, -0.05) is 112 Å². The quantitative estimate of drug-likeness (QED) is 0.124. The predicted molar refractivity (Wildman–Crippen MR) is 243 cm³/mol. The van der Waals surface area contributed by atoms with Gasteiger partial charge in [-0.15, -0.1) is 0 Å². The third-order valence-corrected chi connectivity index (χ3v) is 10.4. The number of benzene rings is 4. The molecule has 0 spiro atoms. The monoisotopic (exact) mass is 904 g/mol. The first-order valence-electron chi connectivity index (χ1n) is 17.5. The second-order valence-electron chi connectivity index (χ2n) is 12.6. The molecule has 0 bridgehead atoms. The Hall–Kier alpha value is -5.39. The SMILES string of the molecule is Cc1cc(N)ncc1Cl.Cc1cc(NC(c2ccc(Cl)cc2Cl)c2ccc3cccnc3c2O)ncc1Cl.O=Cc1ccc(Cl)cc1Cl.Oc1cccc2cccnc12. The number of carbonyl (C=O) groups excluding carboxylic acids is 1. The maximum Gasteiger partial charge on any atom is 0.151 e. The number of aldehydes is 1. The van der Waals surface area contributed by atoms with E-state index in [1.165, 1.54) is 6.07 Å². The molecule has 300 valence electrons. The van der Waals surface area contributed by atoms with Crippen molar-refractivity contribution in [3.8, 4) is 11.5 Å². The number of fused-ring (bicyclic) bond motifs is 2. The lowest BCUT2D eigenvalue weighted by atomic mass is 9.96. The maximum absolute atomic E-state index is 11.0. The number of nitrogens with zero attached hydrogens (tertiary/aromatic N) is 4. The third-order valence-electron chi connectivity index (χ3n) is 8.47. The Bertz CT molecular complexity index is 2730. The van der Waals surface area contributed by atoms with E-state index in [1.54, 1.807) is 67.3 Å². The molecule has 0 fully saturated rings. The fourth-order valence-corrected chi connectivity index (χ4v) is 6.63. The lowest BCUT2D eigenvalue weighted by Crippen LogP contribution is -2.14. The van der Waals surface area contributed by atoms with E-state index in [9.17, 15) is 15.0 Å². The van der Waals surface area contributed by atoms with Crippen LogP contribution in [0.5, 0.6) is 11.5 Å². The van der Waals surface area contributed by atoms with Gasteiger partial charge in [-0.25, -0.2) is 9.97 Å². The zero-order valence-electron chi connectivity index (χ0n) is 31.2. The molecule has 1 atom stereocenters. The summed E-state index contributed by atoms with van der Waals surface area (Å²) in [4.78, 5) is 26.7. The molecule has 59 heavy (non-hydrogen) atoms. The largest absolute Gasteiger partial charge is 0.506 e. The van der Waals surface area contributed by atoms with Crippen LogP contribution in [0, 0.1) is 13.8 Å². The lowest BCUT2D eigenvalue weighted by molar-refractivity contribution is 0.112. The van der Waals surface area contributed by atoms with E-state index in [2.05, 4.69) is 25.3 Å². The molecule has 0 aliphatic heterocycles. The molecule has 15 heteroatoms. The van der Waals surface area contributed by atoms with Crippen molar-refractivity contribution in [3.05, 3.63) is 186 Å². The smallest absolute Gasteiger partial charge is 0.151 e. The summed E-state index contributed by atoms with van der Waals surface area (Å²) in [5.41, 5.74) is 10.2. The number of rotatable bonds is 5. The number of aromatic hydroxyl groups is 2. The maximum atomic E-state index is 11.0. The van der Waals surface area contributed by atoms with Gasteiger partial charge in [-0.2, -0.15) is 0 Å². The van der Waals surface area contributed by atoms with Crippen LogP contribution in [-0.4, -0.2) is 36.4 Å². The molecular formula is C44H34Cl6N6O3. The highest BCUT2D eigenvalue weighted by Gasteiger charge is 2.23. The van der Waals surface area contributed by atoms with Gasteiger partial charge < -0.3 is 21.3 Å². The molecule has 0 aliphatic carbocycles. The van der Waals surface area contributed by atoms with E-state index in [-0.39, 0.29) is 11.5 Å². The number of aromatic nitrogens is 4. The topological polar surface area (TPSA) is 147 Å². The standard InChI is InChI=1S/C22H16Cl3N3O.C9H7NO.C7H4Cl2O.C6H7ClN2/c1-12-9-19(27-11-18(12)25)28-21(15-7-5-14(23)10-17(15)24)16-6-4-13-3-2-8-26-20(13)22(16)29;11-8-5-1-3-7-4-2-6-10-9(7)8;8-6-2-1-5(4-10)7(9)3-6;1-4-2-6(8)9-3-5(4)7/h2-11,21,29H,1H3,(H,27,28);1-6,11H;1-4H;2-3H,1H3,(H2,8,9). The van der Waals surface area contributed by atoms with Crippen molar-refractivity contribution < 1.29 is 15.0 Å². The number of aryl methyl sites for hydroxylation is 2. The number of hydrogen-bond donors (Lipinski definition) is 4. The first-order valence-corrected chi connectivity index (χ1v) is 19.7. The lowest BCUT2D eigenvalue weighted by Gasteiger charge is -2.23. The molecule has 0 saturated heterocycles. The molecule has 9 nitrogen and oxygen atoms in total. The zero-order chi connectivity index (χ0) is 42.6. The van der Waals surface area contributed by atoms with E-state index in [0.717, 1.165) is 27.5 Å². The van der Waals surface area contributed by atoms with Crippen molar-refractivity contribution in [3.63, 3.8) is 0 Å². The first-order chi connectivity index (χ1) is 28.2. The minimum Gasteiger partial charge on any atom is -0.506 e. The summed E-state index contributed by atoms with van der Waals surface area (Å²) < 4.78 is 0. The van der Waals surface area contributed by atoms with Crippen molar-refractivity contribution >= 4 is 109 Å². The molecule has 8 rings (SSSR count).